The fourth-order valence-electron chi connectivity index (χ4n) is 2.60. The van der Waals surface area contributed by atoms with Crippen molar-refractivity contribution in [1.29, 1.82) is 0 Å². The van der Waals surface area contributed by atoms with Crippen LogP contribution >= 0.6 is 22.9 Å². The summed E-state index contributed by atoms with van der Waals surface area (Å²) in [6.07, 6.45) is 0. The largest absolute Gasteiger partial charge is 0.451 e. The van der Waals surface area contributed by atoms with Gasteiger partial charge >= 0.3 is 5.97 Å². The van der Waals surface area contributed by atoms with Gasteiger partial charge in [-0.05, 0) is 12.1 Å². The molecular formula is C19H13ClN4O3S. The van der Waals surface area contributed by atoms with Crippen LogP contribution in [0.3, 0.4) is 0 Å². The number of carbonyl (C=O) groups is 2. The fourth-order valence-corrected chi connectivity index (χ4v) is 3.56. The van der Waals surface area contributed by atoms with E-state index < -0.39 is 18.5 Å². The molecule has 2 aromatic heterocycles. The molecule has 140 valence electrons. The Balaban J connectivity index is 1.37. The number of H-pyrrole nitrogens is 1. The van der Waals surface area contributed by atoms with Crippen LogP contribution in [0.4, 0.5) is 5.13 Å². The molecule has 0 saturated carbocycles. The number of halogens is 1. The number of esters is 1. The lowest BCUT2D eigenvalue weighted by Gasteiger charge is -2.03. The molecule has 0 aliphatic rings. The van der Waals surface area contributed by atoms with E-state index in [9.17, 15) is 9.59 Å². The standard InChI is InChI=1S/C19H13ClN4O3S/c20-13-7-3-1-5-11(13)15-10-28-19(21-15)22-16(25)9-27-18(26)17-12-6-2-4-8-14(12)23-24-17/h1-8,10H,9H2,(H,23,24)(H,21,22,25). The van der Waals surface area contributed by atoms with Crippen molar-refractivity contribution in [2.45, 2.75) is 0 Å². The topological polar surface area (TPSA) is 97.0 Å². The van der Waals surface area contributed by atoms with Crippen molar-refractivity contribution in [3.63, 3.8) is 0 Å². The maximum atomic E-state index is 12.2. The number of benzene rings is 2. The molecule has 0 atom stereocenters. The summed E-state index contributed by atoms with van der Waals surface area (Å²) >= 11 is 7.42. The molecule has 4 aromatic rings. The highest BCUT2D eigenvalue weighted by atomic mass is 35.5. The van der Waals surface area contributed by atoms with Crippen LogP contribution in [0.5, 0.6) is 0 Å². The van der Waals surface area contributed by atoms with E-state index in [1.54, 1.807) is 29.6 Å². The Hall–Kier alpha value is -3.23. The molecule has 0 saturated heterocycles. The molecule has 1 amide bonds. The van der Waals surface area contributed by atoms with Gasteiger partial charge in [-0.25, -0.2) is 9.78 Å². The number of rotatable bonds is 5. The molecule has 9 heteroatoms. The summed E-state index contributed by atoms with van der Waals surface area (Å²) in [4.78, 5) is 28.6. The Labute approximate surface area is 168 Å². The second-order valence-electron chi connectivity index (χ2n) is 5.76. The Bertz CT molecular complexity index is 1170. The number of carbonyl (C=O) groups excluding carboxylic acids is 2. The van der Waals surface area contributed by atoms with Gasteiger partial charge in [-0.15, -0.1) is 11.3 Å². The van der Waals surface area contributed by atoms with Crippen LogP contribution in [0.15, 0.2) is 53.9 Å². The van der Waals surface area contributed by atoms with Crippen LogP contribution in [0.1, 0.15) is 10.5 Å². The van der Waals surface area contributed by atoms with Gasteiger partial charge < -0.3 is 4.74 Å². The van der Waals surface area contributed by atoms with E-state index in [-0.39, 0.29) is 5.69 Å². The highest BCUT2D eigenvalue weighted by Crippen LogP contribution is 2.30. The second kappa shape index (κ2) is 7.79. The zero-order chi connectivity index (χ0) is 19.5. The lowest BCUT2D eigenvalue weighted by atomic mass is 10.2. The molecule has 0 fully saturated rings. The maximum absolute atomic E-state index is 12.2. The predicted molar refractivity (Wildman–Crippen MR) is 108 cm³/mol. The van der Waals surface area contributed by atoms with Crippen LogP contribution in [-0.4, -0.2) is 33.7 Å². The molecule has 2 heterocycles. The number of nitrogens with zero attached hydrogens (tertiary/aromatic N) is 2. The van der Waals surface area contributed by atoms with Gasteiger partial charge in [0, 0.05) is 21.4 Å². The van der Waals surface area contributed by atoms with Crippen molar-refractivity contribution < 1.29 is 14.3 Å². The van der Waals surface area contributed by atoms with Crippen molar-refractivity contribution in [2.24, 2.45) is 0 Å². The Morgan fingerprint density at radius 1 is 1.14 bits per heavy atom. The van der Waals surface area contributed by atoms with Crippen molar-refractivity contribution in [2.75, 3.05) is 11.9 Å². The van der Waals surface area contributed by atoms with Gasteiger partial charge in [0.25, 0.3) is 5.91 Å². The normalized spacial score (nSPS) is 10.8. The van der Waals surface area contributed by atoms with Crippen LogP contribution < -0.4 is 5.32 Å². The summed E-state index contributed by atoms with van der Waals surface area (Å²) in [7, 11) is 0. The number of ether oxygens (including phenoxy) is 1. The van der Waals surface area contributed by atoms with Crippen molar-refractivity contribution in [3.8, 4) is 11.3 Å². The molecule has 7 nitrogen and oxygen atoms in total. The Kier molecular flexibility index (Phi) is 5.05. The van der Waals surface area contributed by atoms with Gasteiger partial charge in [0.2, 0.25) is 0 Å². The van der Waals surface area contributed by atoms with Gasteiger partial charge in [0.05, 0.1) is 11.2 Å². The highest BCUT2D eigenvalue weighted by Gasteiger charge is 2.17. The summed E-state index contributed by atoms with van der Waals surface area (Å²) < 4.78 is 5.06. The third-order valence-electron chi connectivity index (χ3n) is 3.90. The minimum atomic E-state index is -0.677. The highest BCUT2D eigenvalue weighted by molar-refractivity contribution is 7.14. The van der Waals surface area contributed by atoms with Gasteiger partial charge in [0.15, 0.2) is 17.4 Å². The second-order valence-corrected chi connectivity index (χ2v) is 7.03. The summed E-state index contributed by atoms with van der Waals surface area (Å²) in [5, 5.41) is 12.7. The third kappa shape index (κ3) is 3.73. The van der Waals surface area contributed by atoms with E-state index in [0.717, 1.165) is 5.56 Å². The number of hydrogen-bond acceptors (Lipinski definition) is 6. The van der Waals surface area contributed by atoms with Crippen molar-refractivity contribution in [3.05, 3.63) is 64.6 Å². The third-order valence-corrected chi connectivity index (χ3v) is 4.99. The van der Waals surface area contributed by atoms with Crippen LogP contribution in [0, 0.1) is 0 Å². The number of fused-ring (bicyclic) bond motifs is 1. The number of amides is 1. The van der Waals surface area contributed by atoms with E-state index in [2.05, 4.69) is 20.5 Å². The molecule has 2 aromatic carbocycles. The monoisotopic (exact) mass is 412 g/mol. The molecule has 0 radical (unpaired) electrons. The summed E-state index contributed by atoms with van der Waals surface area (Å²) in [6.45, 7) is -0.443. The molecule has 0 spiro atoms. The number of nitrogens with one attached hydrogen (secondary N) is 2. The minimum absolute atomic E-state index is 0.138. The number of anilines is 1. The first-order valence-electron chi connectivity index (χ1n) is 8.22. The average Bonchev–Trinajstić information content (AvgIpc) is 3.33. The minimum Gasteiger partial charge on any atom is -0.451 e. The number of thiazole rings is 1. The summed E-state index contributed by atoms with van der Waals surface area (Å²) in [5.74, 6) is -1.17. The molecular weight excluding hydrogens is 400 g/mol. The van der Waals surface area contributed by atoms with Crippen molar-refractivity contribution >= 4 is 50.8 Å². The van der Waals surface area contributed by atoms with E-state index >= 15 is 0 Å². The number of hydrogen-bond donors (Lipinski definition) is 2. The van der Waals surface area contributed by atoms with Crippen LogP contribution in [0.25, 0.3) is 22.2 Å². The van der Waals surface area contributed by atoms with E-state index in [1.165, 1.54) is 11.3 Å². The Morgan fingerprint density at radius 2 is 1.93 bits per heavy atom. The van der Waals surface area contributed by atoms with Gasteiger partial charge in [-0.2, -0.15) is 5.10 Å². The first-order valence-corrected chi connectivity index (χ1v) is 9.48. The smallest absolute Gasteiger partial charge is 0.359 e. The lowest BCUT2D eigenvalue weighted by Crippen LogP contribution is -2.21. The maximum Gasteiger partial charge on any atom is 0.359 e. The molecule has 0 unspecified atom stereocenters. The molecule has 28 heavy (non-hydrogen) atoms. The first kappa shape index (κ1) is 18.1. The fraction of sp³-hybridized carbons (Fsp3) is 0.0526. The van der Waals surface area contributed by atoms with E-state index in [0.29, 0.717) is 26.8 Å². The number of para-hydroxylation sites is 1. The first-order chi connectivity index (χ1) is 13.6. The molecule has 0 aliphatic carbocycles. The average molecular weight is 413 g/mol. The van der Waals surface area contributed by atoms with Crippen molar-refractivity contribution in [1.82, 2.24) is 15.2 Å². The zero-order valence-corrected chi connectivity index (χ0v) is 15.9. The quantitative estimate of drug-likeness (QED) is 0.480. The number of aromatic nitrogens is 3. The summed E-state index contributed by atoms with van der Waals surface area (Å²) in [6, 6.07) is 14.5. The number of aromatic amines is 1. The van der Waals surface area contributed by atoms with Crippen LogP contribution in [0.2, 0.25) is 5.02 Å². The van der Waals surface area contributed by atoms with Gasteiger partial charge in [-0.3, -0.25) is 15.2 Å². The Morgan fingerprint density at radius 3 is 2.79 bits per heavy atom. The molecule has 0 aliphatic heterocycles. The van der Waals surface area contributed by atoms with E-state index in [4.69, 9.17) is 16.3 Å². The SMILES string of the molecule is O=C(COC(=O)c1n[nH]c2ccccc12)Nc1nc(-c2ccccc2Cl)cs1. The molecule has 0 bridgehead atoms. The molecule has 2 N–H and O–H groups in total. The van der Waals surface area contributed by atoms with Gasteiger partial charge in [-0.1, -0.05) is 48.0 Å². The zero-order valence-electron chi connectivity index (χ0n) is 14.3. The van der Waals surface area contributed by atoms with Crippen LogP contribution in [-0.2, 0) is 9.53 Å². The van der Waals surface area contributed by atoms with E-state index in [1.807, 2.05) is 24.3 Å². The van der Waals surface area contributed by atoms with Gasteiger partial charge in [0.1, 0.15) is 0 Å². The predicted octanol–water partition coefficient (Wildman–Crippen LogP) is 4.14. The lowest BCUT2D eigenvalue weighted by molar-refractivity contribution is -0.119. The summed E-state index contributed by atoms with van der Waals surface area (Å²) in [5.41, 5.74) is 2.29. The molecule has 4 rings (SSSR count).